The van der Waals surface area contributed by atoms with Crippen molar-refractivity contribution in [1.82, 2.24) is 15.8 Å². The van der Waals surface area contributed by atoms with Gasteiger partial charge < -0.3 is 4.90 Å². The molecule has 6 nitrogen and oxygen atoms in total. The first-order valence-corrected chi connectivity index (χ1v) is 11.2. The molecule has 1 aliphatic heterocycles. The van der Waals surface area contributed by atoms with Gasteiger partial charge in [-0.25, -0.2) is 0 Å². The standard InChI is InChI=1S/C22H35N3O3/c1-14(2)21(28)25-5-3-18(4-6-25)20(27)24-23-19(26)13-22-10-15-7-16(11-22)9-17(8-15)12-22/h14-18H,3-13H2,1-2H3,(H,23,26)(H,24,27). The van der Waals surface area contributed by atoms with E-state index in [1.807, 2.05) is 18.7 Å². The van der Waals surface area contributed by atoms with Gasteiger partial charge in [-0.1, -0.05) is 13.8 Å². The molecular weight excluding hydrogens is 354 g/mol. The Labute approximate surface area is 168 Å². The van der Waals surface area contributed by atoms with Crippen LogP contribution in [0.25, 0.3) is 0 Å². The molecule has 1 heterocycles. The quantitative estimate of drug-likeness (QED) is 0.726. The molecule has 5 rings (SSSR count). The summed E-state index contributed by atoms with van der Waals surface area (Å²) in [6, 6.07) is 0. The molecule has 6 heteroatoms. The van der Waals surface area contributed by atoms with Crippen LogP contribution in [-0.2, 0) is 14.4 Å². The number of nitrogens with one attached hydrogen (secondary N) is 2. The van der Waals surface area contributed by atoms with E-state index >= 15 is 0 Å². The highest BCUT2D eigenvalue weighted by Crippen LogP contribution is 2.61. The van der Waals surface area contributed by atoms with E-state index < -0.39 is 0 Å². The van der Waals surface area contributed by atoms with Gasteiger partial charge in [0.1, 0.15) is 0 Å². The highest BCUT2D eigenvalue weighted by Gasteiger charge is 2.51. The van der Waals surface area contributed by atoms with E-state index in [0.29, 0.717) is 32.4 Å². The molecule has 5 aliphatic rings. The number of hydrogen-bond acceptors (Lipinski definition) is 3. The van der Waals surface area contributed by atoms with Crippen LogP contribution in [0.3, 0.4) is 0 Å². The highest BCUT2D eigenvalue weighted by atomic mass is 16.2. The maximum Gasteiger partial charge on any atom is 0.241 e. The molecular formula is C22H35N3O3. The zero-order valence-corrected chi connectivity index (χ0v) is 17.3. The molecule has 0 radical (unpaired) electrons. The second-order valence-electron chi connectivity index (χ2n) is 10.4. The molecule has 4 saturated carbocycles. The van der Waals surface area contributed by atoms with Gasteiger partial charge in [-0.3, -0.25) is 25.2 Å². The third-order valence-electron chi connectivity index (χ3n) is 7.70. The fraction of sp³-hybridized carbons (Fsp3) is 0.864. The fourth-order valence-corrected chi connectivity index (χ4v) is 6.85. The van der Waals surface area contributed by atoms with Crippen LogP contribution < -0.4 is 10.9 Å². The molecule has 0 spiro atoms. The first-order valence-electron chi connectivity index (χ1n) is 11.2. The van der Waals surface area contributed by atoms with Crippen molar-refractivity contribution in [2.45, 2.75) is 71.6 Å². The first-order chi connectivity index (χ1) is 13.3. The topological polar surface area (TPSA) is 78.5 Å². The summed E-state index contributed by atoms with van der Waals surface area (Å²) in [5.74, 6) is 2.35. The van der Waals surface area contributed by atoms with Gasteiger partial charge >= 0.3 is 0 Å². The summed E-state index contributed by atoms with van der Waals surface area (Å²) in [6.07, 6.45) is 9.58. The van der Waals surface area contributed by atoms with Crippen molar-refractivity contribution in [3.63, 3.8) is 0 Å². The van der Waals surface area contributed by atoms with Crippen molar-refractivity contribution >= 4 is 17.7 Å². The van der Waals surface area contributed by atoms with Crippen LogP contribution in [0.5, 0.6) is 0 Å². The third kappa shape index (κ3) is 4.06. The summed E-state index contributed by atoms with van der Waals surface area (Å²) in [4.78, 5) is 38.9. The third-order valence-corrected chi connectivity index (χ3v) is 7.70. The van der Waals surface area contributed by atoms with Crippen LogP contribution in [0.15, 0.2) is 0 Å². The van der Waals surface area contributed by atoms with Crippen LogP contribution in [-0.4, -0.2) is 35.7 Å². The number of hydrogen-bond donors (Lipinski definition) is 2. The summed E-state index contributed by atoms with van der Waals surface area (Å²) in [5.41, 5.74) is 5.53. The van der Waals surface area contributed by atoms with E-state index in [2.05, 4.69) is 10.9 Å². The molecule has 0 aromatic rings. The van der Waals surface area contributed by atoms with Gasteiger partial charge in [0.05, 0.1) is 0 Å². The lowest BCUT2D eigenvalue weighted by Gasteiger charge is -2.56. The maximum absolute atomic E-state index is 12.6. The first kappa shape index (κ1) is 19.7. The molecule has 28 heavy (non-hydrogen) atoms. The summed E-state index contributed by atoms with van der Waals surface area (Å²) >= 11 is 0. The average Bonchev–Trinajstić information content (AvgIpc) is 2.64. The van der Waals surface area contributed by atoms with Crippen LogP contribution in [0, 0.1) is 35.0 Å². The van der Waals surface area contributed by atoms with Crippen molar-refractivity contribution in [1.29, 1.82) is 0 Å². The Morgan fingerprint density at radius 2 is 1.46 bits per heavy atom. The lowest BCUT2D eigenvalue weighted by atomic mass is 9.49. The summed E-state index contributed by atoms with van der Waals surface area (Å²) in [5, 5.41) is 0. The molecule has 4 bridgehead atoms. The number of nitrogens with zero attached hydrogens (tertiary/aromatic N) is 1. The second-order valence-corrected chi connectivity index (χ2v) is 10.4. The van der Waals surface area contributed by atoms with Gasteiger partial charge in [-0.05, 0) is 74.5 Å². The molecule has 0 aromatic carbocycles. The van der Waals surface area contributed by atoms with Crippen molar-refractivity contribution in [2.75, 3.05) is 13.1 Å². The number of likely N-dealkylation sites (tertiary alicyclic amines) is 1. The Hall–Kier alpha value is -1.59. The molecule has 0 unspecified atom stereocenters. The van der Waals surface area contributed by atoms with Crippen molar-refractivity contribution in [3.05, 3.63) is 0 Å². The van der Waals surface area contributed by atoms with Crippen LogP contribution >= 0.6 is 0 Å². The molecule has 5 fully saturated rings. The lowest BCUT2D eigenvalue weighted by Crippen LogP contribution is -2.51. The number of hydrazine groups is 1. The smallest absolute Gasteiger partial charge is 0.241 e. The van der Waals surface area contributed by atoms with Gasteiger partial charge in [0.25, 0.3) is 0 Å². The fourth-order valence-electron chi connectivity index (χ4n) is 6.85. The molecule has 0 atom stereocenters. The summed E-state index contributed by atoms with van der Waals surface area (Å²) < 4.78 is 0. The summed E-state index contributed by atoms with van der Waals surface area (Å²) in [7, 11) is 0. The van der Waals surface area contributed by atoms with E-state index in [9.17, 15) is 14.4 Å². The Bertz CT molecular complexity index is 602. The Morgan fingerprint density at radius 1 is 0.929 bits per heavy atom. The lowest BCUT2D eigenvalue weighted by molar-refractivity contribution is -0.139. The van der Waals surface area contributed by atoms with E-state index in [1.54, 1.807) is 0 Å². The van der Waals surface area contributed by atoms with Gasteiger partial charge in [-0.2, -0.15) is 0 Å². The molecule has 4 aliphatic carbocycles. The SMILES string of the molecule is CC(C)C(=O)N1CCC(C(=O)NNC(=O)CC23CC4CC(CC(C4)C2)C3)CC1. The van der Waals surface area contributed by atoms with Crippen molar-refractivity contribution in [2.24, 2.45) is 35.0 Å². The monoisotopic (exact) mass is 389 g/mol. The minimum Gasteiger partial charge on any atom is -0.342 e. The van der Waals surface area contributed by atoms with E-state index in [-0.39, 0.29) is 35.0 Å². The second kappa shape index (κ2) is 7.68. The van der Waals surface area contributed by atoms with Gasteiger partial charge in [0.2, 0.25) is 17.7 Å². The minimum atomic E-state index is -0.129. The number of rotatable bonds is 4. The molecule has 0 aromatic heterocycles. The van der Waals surface area contributed by atoms with Crippen molar-refractivity contribution < 1.29 is 14.4 Å². The van der Waals surface area contributed by atoms with Crippen LogP contribution in [0.4, 0.5) is 0 Å². The Kier molecular flexibility index (Phi) is 5.41. The van der Waals surface area contributed by atoms with Crippen molar-refractivity contribution in [3.8, 4) is 0 Å². The predicted molar refractivity (Wildman–Crippen MR) is 106 cm³/mol. The zero-order chi connectivity index (χ0) is 19.9. The Morgan fingerprint density at radius 3 is 1.96 bits per heavy atom. The largest absolute Gasteiger partial charge is 0.342 e. The van der Waals surface area contributed by atoms with E-state index in [1.165, 1.54) is 38.5 Å². The van der Waals surface area contributed by atoms with E-state index in [0.717, 1.165) is 17.8 Å². The van der Waals surface area contributed by atoms with Crippen LogP contribution in [0.1, 0.15) is 71.6 Å². The molecule has 2 N–H and O–H groups in total. The highest BCUT2D eigenvalue weighted by molar-refractivity contribution is 5.84. The molecule has 156 valence electrons. The number of amides is 3. The van der Waals surface area contributed by atoms with Crippen LogP contribution in [0.2, 0.25) is 0 Å². The van der Waals surface area contributed by atoms with E-state index in [4.69, 9.17) is 0 Å². The molecule has 3 amide bonds. The average molecular weight is 390 g/mol. The number of carbonyl (C=O) groups excluding carboxylic acids is 3. The number of piperidine rings is 1. The maximum atomic E-state index is 12.6. The normalized spacial score (nSPS) is 34.5. The predicted octanol–water partition coefficient (Wildman–Crippen LogP) is 2.63. The Balaban J connectivity index is 1.21. The molecule has 1 saturated heterocycles. The minimum absolute atomic E-state index is 0.00533. The zero-order valence-electron chi connectivity index (χ0n) is 17.3. The summed E-state index contributed by atoms with van der Waals surface area (Å²) in [6.45, 7) is 5.05. The number of carbonyl (C=O) groups is 3. The van der Waals surface area contributed by atoms with Gasteiger partial charge in [-0.15, -0.1) is 0 Å². The van der Waals surface area contributed by atoms with Gasteiger partial charge in [0.15, 0.2) is 0 Å². The van der Waals surface area contributed by atoms with Gasteiger partial charge in [0, 0.05) is 31.3 Å².